The van der Waals surface area contributed by atoms with E-state index in [2.05, 4.69) is 43.2 Å². The fraction of sp³-hybridized carbons (Fsp3) is 0.571. The van der Waals surface area contributed by atoms with Gasteiger partial charge in [0.1, 0.15) is 17.0 Å². The van der Waals surface area contributed by atoms with E-state index in [4.69, 9.17) is 0 Å². The molecule has 106 valence electrons. The Morgan fingerprint density at radius 1 is 1.15 bits per heavy atom. The predicted octanol–water partition coefficient (Wildman–Crippen LogP) is 1.13. The number of hydrogen-bond acceptors (Lipinski definition) is 6. The number of nitrogens with zero attached hydrogens (tertiary/aromatic N) is 5. The van der Waals surface area contributed by atoms with Crippen LogP contribution >= 0.6 is 11.3 Å². The molecule has 0 radical (unpaired) electrons. The van der Waals surface area contributed by atoms with Crippen molar-refractivity contribution < 1.29 is 0 Å². The Morgan fingerprint density at radius 3 is 2.75 bits per heavy atom. The molecule has 0 atom stereocenters. The van der Waals surface area contributed by atoms with Gasteiger partial charge in [-0.2, -0.15) is 0 Å². The van der Waals surface area contributed by atoms with Crippen LogP contribution in [0, 0.1) is 0 Å². The summed E-state index contributed by atoms with van der Waals surface area (Å²) in [5, 5.41) is 3.30. The van der Waals surface area contributed by atoms with Gasteiger partial charge >= 0.3 is 0 Å². The van der Waals surface area contributed by atoms with Crippen molar-refractivity contribution in [2.75, 3.05) is 51.2 Å². The van der Waals surface area contributed by atoms with Crippen LogP contribution < -0.4 is 4.90 Å². The van der Waals surface area contributed by atoms with E-state index in [-0.39, 0.29) is 0 Å². The lowest BCUT2D eigenvalue weighted by Gasteiger charge is -2.48. The summed E-state index contributed by atoms with van der Waals surface area (Å²) in [5.41, 5.74) is 0. The fourth-order valence-electron chi connectivity index (χ4n) is 3.08. The van der Waals surface area contributed by atoms with Gasteiger partial charge in [0.05, 0.1) is 5.39 Å². The molecule has 0 unspecified atom stereocenters. The van der Waals surface area contributed by atoms with Crippen molar-refractivity contribution in [1.82, 2.24) is 19.8 Å². The van der Waals surface area contributed by atoms with Crippen molar-refractivity contribution >= 4 is 27.4 Å². The summed E-state index contributed by atoms with van der Waals surface area (Å²) in [5.74, 6) is 1.11. The third-order valence-corrected chi connectivity index (χ3v) is 5.28. The van der Waals surface area contributed by atoms with E-state index < -0.39 is 0 Å². The molecule has 4 heterocycles. The first kappa shape index (κ1) is 12.5. The summed E-state index contributed by atoms with van der Waals surface area (Å²) >= 11 is 1.69. The van der Waals surface area contributed by atoms with E-state index in [1.807, 2.05) is 0 Å². The van der Waals surface area contributed by atoms with Crippen molar-refractivity contribution in [3.63, 3.8) is 0 Å². The number of hydrogen-bond donors (Lipinski definition) is 0. The lowest BCUT2D eigenvalue weighted by molar-refractivity contribution is 0.0962. The van der Waals surface area contributed by atoms with Crippen molar-refractivity contribution in [2.24, 2.45) is 0 Å². The van der Waals surface area contributed by atoms with Crippen LogP contribution in [0.2, 0.25) is 0 Å². The molecule has 0 aliphatic carbocycles. The second-order valence-electron chi connectivity index (χ2n) is 5.73. The lowest BCUT2D eigenvalue weighted by Crippen LogP contribution is -2.63. The van der Waals surface area contributed by atoms with Crippen LogP contribution in [-0.2, 0) is 0 Å². The summed E-state index contributed by atoms with van der Waals surface area (Å²) in [6, 6.07) is 2.84. The molecule has 20 heavy (non-hydrogen) atoms. The van der Waals surface area contributed by atoms with E-state index in [0.717, 1.165) is 23.7 Å². The molecule has 2 aromatic heterocycles. The van der Waals surface area contributed by atoms with Crippen LogP contribution in [0.25, 0.3) is 10.2 Å². The monoisotopic (exact) mass is 289 g/mol. The molecular formula is C14H19N5S. The molecule has 2 saturated heterocycles. The van der Waals surface area contributed by atoms with E-state index in [1.54, 1.807) is 17.7 Å². The van der Waals surface area contributed by atoms with E-state index in [1.165, 1.54) is 31.6 Å². The highest BCUT2D eigenvalue weighted by molar-refractivity contribution is 7.16. The molecule has 0 bridgehead atoms. The zero-order valence-corrected chi connectivity index (χ0v) is 12.5. The maximum atomic E-state index is 4.49. The normalized spacial score (nSPS) is 22.4. The average Bonchev–Trinajstić information content (AvgIpc) is 2.88. The fourth-order valence-corrected chi connectivity index (χ4v) is 3.80. The van der Waals surface area contributed by atoms with Crippen LogP contribution in [0.4, 0.5) is 5.82 Å². The molecule has 0 amide bonds. The van der Waals surface area contributed by atoms with Gasteiger partial charge in [-0.05, 0) is 18.5 Å². The Balaban J connectivity index is 1.45. The summed E-state index contributed by atoms with van der Waals surface area (Å²) in [7, 11) is 2.21. The highest BCUT2D eigenvalue weighted by Gasteiger charge is 2.34. The second-order valence-corrected chi connectivity index (χ2v) is 6.63. The predicted molar refractivity (Wildman–Crippen MR) is 82.5 cm³/mol. The highest BCUT2D eigenvalue weighted by Crippen LogP contribution is 2.30. The Labute approximate surface area is 122 Å². The van der Waals surface area contributed by atoms with Crippen molar-refractivity contribution in [3.05, 3.63) is 17.8 Å². The average molecular weight is 289 g/mol. The minimum atomic E-state index is 0.701. The molecule has 2 aliphatic rings. The largest absolute Gasteiger partial charge is 0.353 e. The number of rotatable bonds is 2. The van der Waals surface area contributed by atoms with Gasteiger partial charge in [0, 0.05) is 45.3 Å². The van der Waals surface area contributed by atoms with Gasteiger partial charge in [0.2, 0.25) is 0 Å². The van der Waals surface area contributed by atoms with Crippen LogP contribution in [0.5, 0.6) is 0 Å². The number of likely N-dealkylation sites (N-methyl/N-ethyl adjacent to an activating group) is 1. The zero-order valence-electron chi connectivity index (χ0n) is 11.7. The Hall–Kier alpha value is -1.24. The van der Waals surface area contributed by atoms with Gasteiger partial charge in [0.15, 0.2) is 0 Å². The summed E-state index contributed by atoms with van der Waals surface area (Å²) in [6.45, 7) is 6.99. The smallest absolute Gasteiger partial charge is 0.140 e. The summed E-state index contributed by atoms with van der Waals surface area (Å²) in [4.78, 5) is 17.3. The zero-order chi connectivity index (χ0) is 13.5. The molecule has 0 N–H and O–H groups in total. The Kier molecular flexibility index (Phi) is 3.09. The number of thiophene rings is 1. The van der Waals surface area contributed by atoms with Crippen LogP contribution in [0.15, 0.2) is 17.8 Å². The molecule has 6 heteroatoms. The molecule has 2 aromatic rings. The Morgan fingerprint density at radius 2 is 1.95 bits per heavy atom. The van der Waals surface area contributed by atoms with Crippen molar-refractivity contribution in [1.29, 1.82) is 0 Å². The number of piperazine rings is 1. The van der Waals surface area contributed by atoms with Crippen LogP contribution in [0.1, 0.15) is 0 Å². The maximum Gasteiger partial charge on any atom is 0.140 e. The minimum Gasteiger partial charge on any atom is -0.353 e. The van der Waals surface area contributed by atoms with Gasteiger partial charge in [-0.1, -0.05) is 0 Å². The first-order valence-corrected chi connectivity index (χ1v) is 8.05. The minimum absolute atomic E-state index is 0.701. The highest BCUT2D eigenvalue weighted by atomic mass is 32.1. The van der Waals surface area contributed by atoms with Crippen molar-refractivity contribution in [2.45, 2.75) is 6.04 Å². The van der Waals surface area contributed by atoms with Crippen LogP contribution in [-0.4, -0.2) is 72.1 Å². The quantitative estimate of drug-likeness (QED) is 0.828. The molecule has 5 nitrogen and oxygen atoms in total. The van der Waals surface area contributed by atoms with E-state index in [0.29, 0.717) is 6.04 Å². The topological polar surface area (TPSA) is 35.5 Å². The van der Waals surface area contributed by atoms with E-state index in [9.17, 15) is 0 Å². The third kappa shape index (κ3) is 2.08. The van der Waals surface area contributed by atoms with Gasteiger partial charge in [-0.3, -0.25) is 4.90 Å². The van der Waals surface area contributed by atoms with Crippen LogP contribution in [0.3, 0.4) is 0 Å². The first-order chi connectivity index (χ1) is 9.81. The number of aromatic nitrogens is 2. The van der Waals surface area contributed by atoms with Gasteiger partial charge in [-0.25, -0.2) is 9.97 Å². The van der Waals surface area contributed by atoms with Gasteiger partial charge < -0.3 is 9.80 Å². The molecule has 0 spiro atoms. The van der Waals surface area contributed by atoms with Gasteiger partial charge in [0.25, 0.3) is 0 Å². The molecule has 2 aliphatic heterocycles. The van der Waals surface area contributed by atoms with Gasteiger partial charge in [-0.15, -0.1) is 11.3 Å². The van der Waals surface area contributed by atoms with Crippen molar-refractivity contribution in [3.8, 4) is 0 Å². The molecule has 4 rings (SSSR count). The number of anilines is 1. The SMILES string of the molecule is CN1CCN(C2CN(c3ncnc4sccc34)C2)CC1. The lowest BCUT2D eigenvalue weighted by atomic mass is 10.1. The second kappa shape index (κ2) is 4.95. The summed E-state index contributed by atoms with van der Waals surface area (Å²) < 4.78 is 0. The standard InChI is InChI=1S/C14H19N5S/c1-17-3-5-18(6-4-17)11-8-19(9-11)13-12-2-7-20-14(12)16-10-15-13/h2,7,10-11H,3-6,8-9H2,1H3. The van der Waals surface area contributed by atoms with E-state index >= 15 is 0 Å². The summed E-state index contributed by atoms with van der Waals surface area (Å²) in [6.07, 6.45) is 1.69. The maximum absolute atomic E-state index is 4.49. The molecule has 2 fully saturated rings. The third-order valence-electron chi connectivity index (χ3n) is 4.46. The molecule has 0 saturated carbocycles. The molecule has 0 aromatic carbocycles. The number of fused-ring (bicyclic) bond motifs is 1. The Bertz CT molecular complexity index is 598. The first-order valence-electron chi connectivity index (χ1n) is 7.17. The molecular weight excluding hydrogens is 270 g/mol.